The summed E-state index contributed by atoms with van der Waals surface area (Å²) < 4.78 is 38.9. The maximum atomic E-state index is 13.3. The molecule has 8 nitrogen and oxygen atoms in total. The van der Waals surface area contributed by atoms with Crippen molar-refractivity contribution in [2.75, 3.05) is 25.1 Å². The lowest BCUT2D eigenvalue weighted by Crippen LogP contribution is -2.39. The molecule has 0 heterocycles. The molecule has 0 atom stereocenters. The molecule has 3 rings (SSSR count). The van der Waals surface area contributed by atoms with E-state index in [9.17, 15) is 13.2 Å². The molecule has 0 radical (unpaired) electrons. The summed E-state index contributed by atoms with van der Waals surface area (Å²) in [5.74, 6) is 0.357. The molecule has 1 amide bonds. The van der Waals surface area contributed by atoms with Crippen LogP contribution in [0.3, 0.4) is 0 Å². The van der Waals surface area contributed by atoms with Gasteiger partial charge in [0.2, 0.25) is 0 Å². The number of anilines is 1. The van der Waals surface area contributed by atoms with Crippen LogP contribution < -0.4 is 19.2 Å². The molecule has 10 heteroatoms. The molecule has 3 aromatic rings. The van der Waals surface area contributed by atoms with E-state index in [-0.39, 0.29) is 4.90 Å². The summed E-state index contributed by atoms with van der Waals surface area (Å²) in [6, 6.07) is 19.8. The normalized spacial score (nSPS) is 11.2. The van der Waals surface area contributed by atoms with Crippen LogP contribution in [0, 0.1) is 0 Å². The molecule has 0 fully saturated rings. The van der Waals surface area contributed by atoms with Gasteiger partial charge in [-0.15, -0.1) is 0 Å². The highest BCUT2D eigenvalue weighted by Gasteiger charge is 2.27. The number of methoxy groups -OCH3 is 2. The lowest BCUT2D eigenvalue weighted by molar-refractivity contribution is -0.119. The van der Waals surface area contributed by atoms with E-state index in [1.807, 2.05) is 0 Å². The summed E-state index contributed by atoms with van der Waals surface area (Å²) >= 11 is 3.35. The second-order valence-corrected chi connectivity index (χ2v) is 9.46. The van der Waals surface area contributed by atoms with Gasteiger partial charge in [-0.3, -0.25) is 9.10 Å². The van der Waals surface area contributed by atoms with Gasteiger partial charge in [-0.2, -0.15) is 5.10 Å². The van der Waals surface area contributed by atoms with Crippen LogP contribution >= 0.6 is 15.9 Å². The Bertz CT molecular complexity index is 1250. The minimum Gasteiger partial charge on any atom is -0.493 e. The van der Waals surface area contributed by atoms with Gasteiger partial charge < -0.3 is 9.47 Å². The molecule has 1 N–H and O–H groups in total. The smallest absolute Gasteiger partial charge is 0.264 e. The Balaban J connectivity index is 1.84. The maximum Gasteiger partial charge on any atom is 0.264 e. The van der Waals surface area contributed by atoms with Crippen molar-refractivity contribution >= 4 is 43.8 Å². The van der Waals surface area contributed by atoms with Gasteiger partial charge in [0.15, 0.2) is 11.5 Å². The van der Waals surface area contributed by atoms with Crippen LogP contribution in [0.25, 0.3) is 0 Å². The molecule has 3 aromatic carbocycles. The van der Waals surface area contributed by atoms with Gasteiger partial charge in [0.1, 0.15) is 6.54 Å². The summed E-state index contributed by atoms with van der Waals surface area (Å²) in [6.07, 6.45) is 1.40. The first-order valence-corrected chi connectivity index (χ1v) is 12.0. The minimum absolute atomic E-state index is 0.0717. The molecular formula is C23H22BrN3O5S. The molecule has 0 aliphatic heterocycles. The predicted molar refractivity (Wildman–Crippen MR) is 130 cm³/mol. The predicted octanol–water partition coefficient (Wildman–Crippen LogP) is 3.81. The number of rotatable bonds is 9. The number of hydrogen-bond donors (Lipinski definition) is 1. The molecule has 0 unspecified atom stereocenters. The van der Waals surface area contributed by atoms with Crippen LogP contribution in [0.4, 0.5) is 5.69 Å². The topological polar surface area (TPSA) is 97.3 Å². The highest BCUT2D eigenvalue weighted by atomic mass is 79.9. The quantitative estimate of drug-likeness (QED) is 0.334. The highest BCUT2D eigenvalue weighted by Crippen LogP contribution is 2.29. The van der Waals surface area contributed by atoms with Crippen molar-refractivity contribution in [3.05, 3.63) is 82.8 Å². The third-order valence-corrected chi connectivity index (χ3v) is 6.82. The molecule has 0 aliphatic carbocycles. The largest absolute Gasteiger partial charge is 0.493 e. The minimum atomic E-state index is -4.00. The van der Waals surface area contributed by atoms with Crippen LogP contribution in [0.1, 0.15) is 5.56 Å². The summed E-state index contributed by atoms with van der Waals surface area (Å²) in [7, 11) is -0.983. The first-order chi connectivity index (χ1) is 15.9. The van der Waals surface area contributed by atoms with E-state index < -0.39 is 22.5 Å². The molecule has 0 saturated carbocycles. The second-order valence-electron chi connectivity index (χ2n) is 6.68. The number of nitrogens with zero attached hydrogens (tertiary/aromatic N) is 2. The molecule has 172 valence electrons. The summed E-state index contributed by atoms with van der Waals surface area (Å²) in [6.45, 7) is -0.472. The van der Waals surface area contributed by atoms with E-state index in [2.05, 4.69) is 26.5 Å². The Kier molecular flexibility index (Phi) is 8.07. The van der Waals surface area contributed by atoms with Crippen molar-refractivity contribution in [1.29, 1.82) is 0 Å². The first-order valence-electron chi connectivity index (χ1n) is 9.73. The van der Waals surface area contributed by atoms with E-state index in [0.717, 1.165) is 4.31 Å². The third kappa shape index (κ3) is 5.91. The van der Waals surface area contributed by atoms with Gasteiger partial charge in [-0.25, -0.2) is 13.8 Å². The molecule has 0 spiro atoms. The fourth-order valence-electron chi connectivity index (χ4n) is 3.02. The molecular weight excluding hydrogens is 510 g/mol. The van der Waals surface area contributed by atoms with Crippen molar-refractivity contribution < 1.29 is 22.7 Å². The van der Waals surface area contributed by atoms with E-state index >= 15 is 0 Å². The molecule has 33 heavy (non-hydrogen) atoms. The van der Waals surface area contributed by atoms with Crippen molar-refractivity contribution in [2.24, 2.45) is 5.10 Å². The fourth-order valence-corrected chi connectivity index (χ4v) is 4.84. The number of amides is 1. The van der Waals surface area contributed by atoms with E-state index in [1.165, 1.54) is 32.6 Å². The number of hydrazone groups is 1. The first kappa shape index (κ1) is 24.3. The zero-order chi connectivity index (χ0) is 23.8. The van der Waals surface area contributed by atoms with Gasteiger partial charge >= 0.3 is 0 Å². The lowest BCUT2D eigenvalue weighted by Gasteiger charge is -2.23. The molecule has 0 aromatic heterocycles. The van der Waals surface area contributed by atoms with Crippen LogP contribution in [-0.2, 0) is 14.8 Å². The number of nitrogens with one attached hydrogen (secondary N) is 1. The molecule has 0 aliphatic rings. The summed E-state index contributed by atoms with van der Waals surface area (Å²) in [4.78, 5) is 12.7. The van der Waals surface area contributed by atoms with Crippen molar-refractivity contribution in [3.8, 4) is 11.5 Å². The lowest BCUT2D eigenvalue weighted by atomic mass is 10.2. The number of halogens is 1. The van der Waals surface area contributed by atoms with Crippen LogP contribution in [0.2, 0.25) is 0 Å². The maximum absolute atomic E-state index is 13.3. The second kappa shape index (κ2) is 11.0. The van der Waals surface area contributed by atoms with Gasteiger partial charge in [0, 0.05) is 10.0 Å². The van der Waals surface area contributed by atoms with Crippen LogP contribution in [-0.4, -0.2) is 41.3 Å². The highest BCUT2D eigenvalue weighted by molar-refractivity contribution is 9.10. The Morgan fingerprint density at radius 2 is 1.76 bits per heavy atom. The average Bonchev–Trinajstić information content (AvgIpc) is 2.82. The molecule has 0 bridgehead atoms. The van der Waals surface area contributed by atoms with E-state index in [4.69, 9.17) is 9.47 Å². The van der Waals surface area contributed by atoms with Crippen molar-refractivity contribution in [2.45, 2.75) is 4.90 Å². The van der Waals surface area contributed by atoms with Gasteiger partial charge in [-0.05, 0) is 42.5 Å². The van der Waals surface area contributed by atoms with E-state index in [1.54, 1.807) is 60.7 Å². The number of carbonyl (C=O) groups excluding carboxylic acids is 1. The zero-order valence-electron chi connectivity index (χ0n) is 17.9. The van der Waals surface area contributed by atoms with Crippen molar-refractivity contribution in [3.63, 3.8) is 0 Å². The average molecular weight is 532 g/mol. The SMILES string of the molecule is COc1cccc(/C=N\NC(=O)CN(c2cccc(Br)c2)S(=O)(=O)c2ccccc2)c1OC. The number of ether oxygens (including phenoxy) is 2. The van der Waals surface area contributed by atoms with Gasteiger partial charge in [-0.1, -0.05) is 46.3 Å². The number of hydrogen-bond acceptors (Lipinski definition) is 6. The number of benzene rings is 3. The van der Waals surface area contributed by atoms with Crippen LogP contribution in [0.5, 0.6) is 11.5 Å². The van der Waals surface area contributed by atoms with Gasteiger partial charge in [0.05, 0.1) is 31.0 Å². The molecule has 0 saturated heterocycles. The number of carbonyl (C=O) groups is 1. The fraction of sp³-hybridized carbons (Fsp3) is 0.130. The Hall–Kier alpha value is -3.37. The number of para-hydroxylation sites is 1. The zero-order valence-corrected chi connectivity index (χ0v) is 20.3. The number of sulfonamides is 1. The summed E-state index contributed by atoms with van der Waals surface area (Å²) in [5.41, 5.74) is 3.29. The van der Waals surface area contributed by atoms with Crippen LogP contribution in [0.15, 0.2) is 87.3 Å². The standard InChI is InChI=1S/C23H22BrN3O5S/c1-31-21-13-6-8-17(23(21)32-2)15-25-26-22(28)16-27(19-10-7-9-18(24)14-19)33(29,30)20-11-4-3-5-12-20/h3-15H,16H2,1-2H3,(H,26,28)/b25-15-. The third-order valence-electron chi connectivity index (χ3n) is 4.54. The van der Waals surface area contributed by atoms with Gasteiger partial charge in [0.25, 0.3) is 15.9 Å². The van der Waals surface area contributed by atoms with E-state index in [0.29, 0.717) is 27.2 Å². The Morgan fingerprint density at radius 3 is 2.42 bits per heavy atom. The monoisotopic (exact) mass is 531 g/mol. The Morgan fingerprint density at radius 1 is 1.03 bits per heavy atom. The summed E-state index contributed by atoms with van der Waals surface area (Å²) in [5, 5.41) is 3.95. The Labute approximate surface area is 201 Å². The van der Waals surface area contributed by atoms with Crippen molar-refractivity contribution in [1.82, 2.24) is 5.43 Å².